The van der Waals surface area contributed by atoms with Gasteiger partial charge in [0.2, 0.25) is 5.95 Å². The van der Waals surface area contributed by atoms with E-state index in [-0.39, 0.29) is 12.1 Å². The lowest BCUT2D eigenvalue weighted by atomic mass is 10.0. The number of aryl methyl sites for hydroxylation is 1. The Bertz CT molecular complexity index is 1600. The Morgan fingerprint density at radius 2 is 1.49 bits per heavy atom. The number of nitrogens with zero attached hydrogens (tertiary/aromatic N) is 6. The number of rotatable bonds is 7. The zero-order valence-electron chi connectivity index (χ0n) is 25.9. The first-order valence-corrected chi connectivity index (χ1v) is 16.5. The molecule has 0 spiro atoms. The number of pyridine rings is 1. The van der Waals surface area contributed by atoms with E-state index >= 15 is 0 Å². The van der Waals surface area contributed by atoms with Crippen molar-refractivity contribution >= 4 is 24.9 Å². The zero-order chi connectivity index (χ0) is 30.4. The Labute approximate surface area is 253 Å². The molecule has 0 radical (unpaired) electrons. The largest absolute Gasteiger partial charge is 0.476 e. The normalized spacial score (nSPS) is 18.4. The van der Waals surface area contributed by atoms with E-state index < -0.39 is 19.0 Å². The van der Waals surface area contributed by atoms with Crippen molar-refractivity contribution in [3.05, 3.63) is 66.2 Å². The van der Waals surface area contributed by atoms with E-state index in [1.54, 1.807) is 0 Å². The number of phosphoric acid groups is 1. The number of hydrogen-bond acceptors (Lipinski definition) is 9. The van der Waals surface area contributed by atoms with Crippen LogP contribution in [0.5, 0.6) is 0 Å². The van der Waals surface area contributed by atoms with E-state index in [9.17, 15) is 4.57 Å². The summed E-state index contributed by atoms with van der Waals surface area (Å²) in [6.07, 6.45) is 6.69. The van der Waals surface area contributed by atoms with Crippen LogP contribution in [-0.2, 0) is 24.6 Å². The quantitative estimate of drug-likeness (QED) is 0.203. The minimum Gasteiger partial charge on any atom is -0.341 e. The Hall–Kier alpha value is -3.17. The number of imidazole rings is 1. The summed E-state index contributed by atoms with van der Waals surface area (Å²) in [6.45, 7) is 12.4. The average Bonchev–Trinajstić information content (AvgIpc) is 3.51. The van der Waals surface area contributed by atoms with Crippen molar-refractivity contribution in [2.45, 2.75) is 90.6 Å². The van der Waals surface area contributed by atoms with Gasteiger partial charge in [0.1, 0.15) is 11.3 Å². The first-order valence-electron chi connectivity index (χ1n) is 15.1. The fourth-order valence-corrected chi connectivity index (χ4v) is 7.81. The summed E-state index contributed by atoms with van der Waals surface area (Å²) in [7, 11) is -3.77. The van der Waals surface area contributed by atoms with Gasteiger partial charge in [-0.05, 0) is 78.5 Å². The lowest BCUT2D eigenvalue weighted by molar-refractivity contribution is -0.0143. The van der Waals surface area contributed by atoms with Gasteiger partial charge in [0, 0.05) is 37.5 Å². The van der Waals surface area contributed by atoms with E-state index in [1.165, 1.54) is 5.56 Å². The monoisotopic (exact) mass is 604 g/mol. The molecule has 1 fully saturated rings. The van der Waals surface area contributed by atoms with E-state index in [0.29, 0.717) is 31.9 Å². The fraction of sp³-hybridized carbons (Fsp3) is 0.500. The first-order chi connectivity index (χ1) is 20.4. The maximum atomic E-state index is 13.5. The zero-order valence-corrected chi connectivity index (χ0v) is 26.8. The highest BCUT2D eigenvalue weighted by Gasteiger charge is 2.40. The third-order valence-corrected chi connectivity index (χ3v) is 9.56. The number of hydrogen-bond donors (Lipinski definition) is 0. The number of anilines is 1. The molecule has 0 saturated carbocycles. The van der Waals surface area contributed by atoms with Gasteiger partial charge in [-0.2, -0.15) is 0 Å². The molecule has 0 bridgehead atoms. The molecule has 1 aromatic carbocycles. The number of benzene rings is 1. The van der Waals surface area contributed by atoms with E-state index in [0.717, 1.165) is 41.1 Å². The van der Waals surface area contributed by atoms with E-state index in [1.807, 2.05) is 72.1 Å². The molecule has 0 unspecified atom stereocenters. The summed E-state index contributed by atoms with van der Waals surface area (Å²) in [6, 6.07) is 14.8. The molecule has 4 aromatic rings. The standard InChI is InChI=1S/C32H41N6O4P/c1-31(2,3)41-43(39,42-32(4,5)6)40-24-16-18-37(19-17-24)30-33-20-23(21-34-30)25-12-13-26-29(36-25)38-27(14-15-28(38)35-26)22-10-8-7-9-11-22/h7-13,20-21,24,27H,14-19H2,1-6H3/t27-/m1/s1. The minimum absolute atomic E-state index is 0.239. The number of aromatic nitrogens is 5. The minimum atomic E-state index is -3.77. The van der Waals surface area contributed by atoms with Gasteiger partial charge in [-0.15, -0.1) is 0 Å². The molecule has 10 nitrogen and oxygen atoms in total. The van der Waals surface area contributed by atoms with Crippen LogP contribution >= 0.6 is 7.82 Å². The predicted octanol–water partition coefficient (Wildman–Crippen LogP) is 7.15. The number of piperidine rings is 1. The lowest BCUT2D eigenvalue weighted by Gasteiger charge is -2.36. The van der Waals surface area contributed by atoms with Crippen LogP contribution in [0.15, 0.2) is 54.9 Å². The Morgan fingerprint density at radius 3 is 2.12 bits per heavy atom. The first kappa shape index (κ1) is 29.9. The van der Waals surface area contributed by atoms with Gasteiger partial charge in [-0.25, -0.2) is 24.5 Å². The molecule has 43 heavy (non-hydrogen) atoms. The van der Waals surface area contributed by atoms with Gasteiger partial charge < -0.3 is 9.47 Å². The summed E-state index contributed by atoms with van der Waals surface area (Å²) in [5.41, 5.74) is 3.42. The predicted molar refractivity (Wildman–Crippen MR) is 167 cm³/mol. The number of fused-ring (bicyclic) bond motifs is 3. The topological polar surface area (TPSA) is 104 Å². The lowest BCUT2D eigenvalue weighted by Crippen LogP contribution is -2.38. The summed E-state index contributed by atoms with van der Waals surface area (Å²) in [5, 5.41) is 0. The SMILES string of the molecule is CC(C)(C)OP(=O)(OC1CCN(c2ncc(-c3ccc4nc5n(c4n3)[C@@H](c3ccccc3)CC5)cn2)CC1)OC(C)(C)C. The highest BCUT2D eigenvalue weighted by molar-refractivity contribution is 7.48. The van der Waals surface area contributed by atoms with Crippen LogP contribution < -0.4 is 4.90 Å². The van der Waals surface area contributed by atoms with Crippen LogP contribution in [0.3, 0.4) is 0 Å². The van der Waals surface area contributed by atoms with Crippen molar-refractivity contribution in [2.24, 2.45) is 0 Å². The molecule has 0 amide bonds. The highest BCUT2D eigenvalue weighted by atomic mass is 31.2. The summed E-state index contributed by atoms with van der Waals surface area (Å²) < 4.78 is 33.5. The van der Waals surface area contributed by atoms with Crippen LogP contribution in [0.25, 0.3) is 22.4 Å². The Morgan fingerprint density at radius 1 is 0.837 bits per heavy atom. The summed E-state index contributed by atoms with van der Waals surface area (Å²) >= 11 is 0. The second kappa shape index (κ2) is 11.4. The van der Waals surface area contributed by atoms with Crippen molar-refractivity contribution in [1.29, 1.82) is 0 Å². The van der Waals surface area contributed by atoms with E-state index in [4.69, 9.17) is 23.5 Å². The van der Waals surface area contributed by atoms with Crippen LogP contribution in [-0.4, -0.2) is 54.9 Å². The van der Waals surface area contributed by atoms with Crippen LogP contribution in [0.1, 0.15) is 78.2 Å². The van der Waals surface area contributed by atoms with Crippen molar-refractivity contribution in [3.63, 3.8) is 0 Å². The molecular weight excluding hydrogens is 563 g/mol. The molecule has 2 aliphatic rings. The van der Waals surface area contributed by atoms with Crippen molar-refractivity contribution in [2.75, 3.05) is 18.0 Å². The average molecular weight is 605 g/mol. The maximum Gasteiger partial charge on any atom is 0.476 e. The van der Waals surface area contributed by atoms with Crippen LogP contribution in [0.2, 0.25) is 0 Å². The molecule has 1 atom stereocenters. The van der Waals surface area contributed by atoms with Gasteiger partial charge in [0.15, 0.2) is 5.65 Å². The maximum absolute atomic E-state index is 13.5. The molecule has 1 saturated heterocycles. The summed E-state index contributed by atoms with van der Waals surface area (Å²) in [5.74, 6) is 1.73. The van der Waals surface area contributed by atoms with Gasteiger partial charge >= 0.3 is 7.82 Å². The van der Waals surface area contributed by atoms with Crippen molar-refractivity contribution < 1.29 is 18.1 Å². The molecule has 3 aromatic heterocycles. The Kier molecular flexibility index (Phi) is 7.92. The van der Waals surface area contributed by atoms with Crippen molar-refractivity contribution in [3.8, 4) is 11.3 Å². The van der Waals surface area contributed by atoms with Gasteiger partial charge in [-0.3, -0.25) is 13.6 Å². The van der Waals surface area contributed by atoms with E-state index in [2.05, 4.69) is 43.7 Å². The smallest absolute Gasteiger partial charge is 0.341 e. The molecular formula is C32H41N6O4P. The molecule has 0 aliphatic carbocycles. The van der Waals surface area contributed by atoms with Gasteiger partial charge in [0.25, 0.3) is 0 Å². The Balaban J connectivity index is 1.14. The second-order valence-electron chi connectivity index (χ2n) is 13.3. The summed E-state index contributed by atoms with van der Waals surface area (Å²) in [4.78, 5) is 21.4. The number of phosphoric ester groups is 1. The van der Waals surface area contributed by atoms with Crippen molar-refractivity contribution in [1.82, 2.24) is 24.5 Å². The van der Waals surface area contributed by atoms with Gasteiger partial charge in [0.05, 0.1) is 29.0 Å². The second-order valence-corrected chi connectivity index (χ2v) is 14.8. The van der Waals surface area contributed by atoms with Gasteiger partial charge in [-0.1, -0.05) is 30.3 Å². The third-order valence-electron chi connectivity index (χ3n) is 7.46. The van der Waals surface area contributed by atoms with Crippen LogP contribution in [0, 0.1) is 0 Å². The molecule has 11 heteroatoms. The molecule has 228 valence electrons. The molecule has 0 N–H and O–H groups in total. The fourth-order valence-electron chi connectivity index (χ4n) is 5.76. The highest BCUT2D eigenvalue weighted by Crippen LogP contribution is 2.57. The third kappa shape index (κ3) is 6.83. The molecule has 2 aliphatic heterocycles. The molecule has 6 rings (SSSR count). The molecule has 5 heterocycles. The van der Waals surface area contributed by atoms with Crippen LogP contribution in [0.4, 0.5) is 5.95 Å².